The second-order valence-corrected chi connectivity index (χ2v) is 4.27. The van der Waals surface area contributed by atoms with Gasteiger partial charge in [0.1, 0.15) is 0 Å². The van der Waals surface area contributed by atoms with Crippen LogP contribution in [-0.4, -0.2) is 21.3 Å². The van der Waals surface area contributed by atoms with Crippen LogP contribution in [0.25, 0.3) is 0 Å². The Morgan fingerprint density at radius 3 is 2.50 bits per heavy atom. The minimum atomic E-state index is -0.617. The third-order valence-electron chi connectivity index (χ3n) is 1.39. The van der Waals surface area contributed by atoms with Crippen LogP contribution in [0.3, 0.4) is 0 Å². The van der Waals surface area contributed by atoms with E-state index in [-0.39, 0.29) is 5.54 Å². The molecule has 2 nitrogen and oxygen atoms in total. The van der Waals surface area contributed by atoms with Gasteiger partial charge in [-0.2, -0.15) is 0 Å². The molecule has 1 aliphatic rings. The lowest BCUT2D eigenvalue weighted by Gasteiger charge is -2.12. The van der Waals surface area contributed by atoms with Gasteiger partial charge in [-0.3, -0.25) is 4.21 Å². The van der Waals surface area contributed by atoms with Gasteiger partial charge in [0.05, 0.1) is 0 Å². The standard InChI is InChI=1S/C5H11NOS/c1-5(6)2-3-8(7)4-5/h2-4,6H2,1H3. The molecule has 1 aliphatic heterocycles. The van der Waals surface area contributed by atoms with E-state index in [4.69, 9.17) is 5.73 Å². The zero-order valence-corrected chi connectivity index (χ0v) is 5.83. The van der Waals surface area contributed by atoms with Crippen LogP contribution >= 0.6 is 0 Å². The first-order valence-corrected chi connectivity index (χ1v) is 4.23. The lowest BCUT2D eigenvalue weighted by atomic mass is 10.1. The lowest BCUT2D eigenvalue weighted by molar-refractivity contribution is 0.533. The molecule has 0 amide bonds. The minimum Gasteiger partial charge on any atom is -0.324 e. The van der Waals surface area contributed by atoms with E-state index in [2.05, 4.69) is 0 Å². The van der Waals surface area contributed by atoms with Gasteiger partial charge in [0.25, 0.3) is 0 Å². The molecule has 0 aromatic rings. The second-order valence-electron chi connectivity index (χ2n) is 2.69. The normalized spacial score (nSPS) is 47.5. The summed E-state index contributed by atoms with van der Waals surface area (Å²) in [6.07, 6.45) is 0.916. The smallest absolute Gasteiger partial charge is 0.0412 e. The third kappa shape index (κ3) is 1.29. The Morgan fingerprint density at radius 2 is 2.38 bits per heavy atom. The van der Waals surface area contributed by atoms with Gasteiger partial charge in [0, 0.05) is 27.8 Å². The molecule has 0 aromatic carbocycles. The highest BCUT2D eigenvalue weighted by molar-refractivity contribution is 7.85. The average molecular weight is 133 g/mol. The van der Waals surface area contributed by atoms with Crippen LogP contribution in [0.15, 0.2) is 0 Å². The summed E-state index contributed by atoms with van der Waals surface area (Å²) in [6.45, 7) is 1.96. The first-order valence-electron chi connectivity index (χ1n) is 2.74. The predicted octanol–water partition coefficient (Wildman–Crippen LogP) is -0.144. The van der Waals surface area contributed by atoms with E-state index in [0.29, 0.717) is 5.75 Å². The zero-order valence-electron chi connectivity index (χ0n) is 5.02. The van der Waals surface area contributed by atoms with Gasteiger partial charge >= 0.3 is 0 Å². The Labute approximate surface area is 51.9 Å². The van der Waals surface area contributed by atoms with Gasteiger partial charge in [-0.15, -0.1) is 0 Å². The van der Waals surface area contributed by atoms with Crippen LogP contribution in [0.2, 0.25) is 0 Å². The summed E-state index contributed by atoms with van der Waals surface area (Å²) in [4.78, 5) is 0. The van der Waals surface area contributed by atoms with E-state index in [1.54, 1.807) is 0 Å². The molecule has 1 heterocycles. The Balaban J connectivity index is 2.56. The molecule has 0 aromatic heterocycles. The van der Waals surface area contributed by atoms with E-state index in [1.165, 1.54) is 0 Å². The fourth-order valence-electron chi connectivity index (χ4n) is 0.859. The molecule has 2 unspecified atom stereocenters. The summed E-state index contributed by atoms with van der Waals surface area (Å²) in [7, 11) is -0.617. The third-order valence-corrected chi connectivity index (χ3v) is 3.03. The lowest BCUT2D eigenvalue weighted by Crippen LogP contribution is -2.36. The molecule has 3 heteroatoms. The van der Waals surface area contributed by atoms with Crippen molar-refractivity contribution in [3.8, 4) is 0 Å². The predicted molar refractivity (Wildman–Crippen MR) is 35.1 cm³/mol. The summed E-state index contributed by atoms with van der Waals surface area (Å²) in [5, 5.41) is 0. The fourth-order valence-corrected chi connectivity index (χ4v) is 2.58. The van der Waals surface area contributed by atoms with Crippen molar-refractivity contribution in [2.75, 3.05) is 11.5 Å². The Kier molecular flexibility index (Phi) is 1.41. The van der Waals surface area contributed by atoms with Crippen molar-refractivity contribution >= 4 is 10.8 Å². The van der Waals surface area contributed by atoms with Crippen LogP contribution in [0.5, 0.6) is 0 Å². The molecule has 0 bridgehead atoms. The first-order chi connectivity index (χ1) is 3.60. The summed E-state index contributed by atoms with van der Waals surface area (Å²) < 4.78 is 10.7. The summed E-state index contributed by atoms with van der Waals surface area (Å²) in [6, 6.07) is 0. The van der Waals surface area contributed by atoms with Crippen LogP contribution in [0.1, 0.15) is 13.3 Å². The van der Waals surface area contributed by atoms with Crippen molar-refractivity contribution in [1.29, 1.82) is 0 Å². The SMILES string of the molecule is CC1(N)CCS(=O)C1. The summed E-state index contributed by atoms with van der Waals surface area (Å²) in [5.41, 5.74) is 5.54. The Hall–Kier alpha value is 0.110. The Bertz CT molecular complexity index is 122. The fraction of sp³-hybridized carbons (Fsp3) is 1.00. The zero-order chi connectivity index (χ0) is 6.20. The maximum Gasteiger partial charge on any atom is 0.0412 e. The molecular weight excluding hydrogens is 122 g/mol. The molecule has 1 rings (SSSR count). The van der Waals surface area contributed by atoms with Crippen molar-refractivity contribution in [1.82, 2.24) is 0 Å². The van der Waals surface area contributed by atoms with Crippen LogP contribution in [0, 0.1) is 0 Å². The molecule has 2 atom stereocenters. The van der Waals surface area contributed by atoms with Crippen molar-refractivity contribution < 1.29 is 4.21 Å². The summed E-state index contributed by atoms with van der Waals surface area (Å²) >= 11 is 0. The summed E-state index contributed by atoms with van der Waals surface area (Å²) in [5.74, 6) is 1.49. The van der Waals surface area contributed by atoms with Gasteiger partial charge in [-0.1, -0.05) is 0 Å². The maximum absolute atomic E-state index is 10.7. The maximum atomic E-state index is 10.7. The van der Waals surface area contributed by atoms with E-state index >= 15 is 0 Å². The monoisotopic (exact) mass is 133 g/mol. The van der Waals surface area contributed by atoms with Crippen molar-refractivity contribution in [3.05, 3.63) is 0 Å². The molecular formula is C5H11NOS. The molecule has 48 valence electrons. The minimum absolute atomic E-state index is 0.134. The number of rotatable bonds is 0. The van der Waals surface area contributed by atoms with Gasteiger partial charge in [-0.25, -0.2) is 0 Å². The van der Waals surface area contributed by atoms with Gasteiger partial charge in [0.15, 0.2) is 0 Å². The van der Waals surface area contributed by atoms with E-state index < -0.39 is 10.8 Å². The Morgan fingerprint density at radius 1 is 1.75 bits per heavy atom. The number of hydrogen-bond acceptors (Lipinski definition) is 2. The van der Waals surface area contributed by atoms with Crippen LogP contribution in [-0.2, 0) is 10.8 Å². The van der Waals surface area contributed by atoms with Crippen LogP contribution < -0.4 is 5.73 Å². The van der Waals surface area contributed by atoms with Crippen molar-refractivity contribution in [3.63, 3.8) is 0 Å². The quantitative estimate of drug-likeness (QED) is 0.499. The molecule has 1 saturated heterocycles. The van der Waals surface area contributed by atoms with E-state index in [0.717, 1.165) is 12.2 Å². The number of hydrogen-bond donors (Lipinski definition) is 1. The average Bonchev–Trinajstić information content (AvgIpc) is 1.82. The van der Waals surface area contributed by atoms with E-state index in [1.807, 2.05) is 6.92 Å². The first kappa shape index (κ1) is 6.23. The molecule has 2 N–H and O–H groups in total. The van der Waals surface area contributed by atoms with Crippen LogP contribution in [0.4, 0.5) is 0 Å². The van der Waals surface area contributed by atoms with Crippen molar-refractivity contribution in [2.24, 2.45) is 5.73 Å². The molecule has 8 heavy (non-hydrogen) atoms. The molecule has 0 saturated carbocycles. The molecule has 0 aliphatic carbocycles. The van der Waals surface area contributed by atoms with Gasteiger partial charge < -0.3 is 5.73 Å². The topological polar surface area (TPSA) is 43.1 Å². The number of nitrogens with two attached hydrogens (primary N) is 1. The highest BCUT2D eigenvalue weighted by atomic mass is 32.2. The molecule has 0 radical (unpaired) electrons. The van der Waals surface area contributed by atoms with E-state index in [9.17, 15) is 4.21 Å². The highest BCUT2D eigenvalue weighted by Crippen LogP contribution is 2.15. The largest absolute Gasteiger partial charge is 0.324 e. The molecule has 0 spiro atoms. The van der Waals surface area contributed by atoms with Crippen molar-refractivity contribution in [2.45, 2.75) is 18.9 Å². The highest BCUT2D eigenvalue weighted by Gasteiger charge is 2.28. The second kappa shape index (κ2) is 1.81. The van der Waals surface area contributed by atoms with Gasteiger partial charge in [0.2, 0.25) is 0 Å². The molecule has 1 fully saturated rings. The van der Waals surface area contributed by atoms with Gasteiger partial charge in [-0.05, 0) is 13.3 Å².